The Morgan fingerprint density at radius 1 is 0.870 bits per heavy atom. The summed E-state index contributed by atoms with van der Waals surface area (Å²) in [7, 11) is 0. The van der Waals surface area contributed by atoms with Crippen molar-refractivity contribution in [2.75, 3.05) is 0 Å². The molecule has 2 aromatic rings. The minimum absolute atomic E-state index is 0.170. The highest BCUT2D eigenvalue weighted by molar-refractivity contribution is 5.66. The molecule has 0 saturated heterocycles. The van der Waals surface area contributed by atoms with E-state index < -0.39 is 17.7 Å². The molecule has 0 saturated carbocycles. The first kappa shape index (κ1) is 17.1. The van der Waals surface area contributed by atoms with Gasteiger partial charge in [0.2, 0.25) is 0 Å². The van der Waals surface area contributed by atoms with Crippen molar-refractivity contribution in [1.29, 1.82) is 0 Å². The number of aryl methyl sites for hydroxylation is 1. The SMILES string of the molecule is O=C(O)CCCCc1ccc(-c2ccc(C(F)(F)F)cc2)cc1. The van der Waals surface area contributed by atoms with Crippen molar-refractivity contribution in [1.82, 2.24) is 0 Å². The summed E-state index contributed by atoms with van der Waals surface area (Å²) in [4.78, 5) is 10.4. The van der Waals surface area contributed by atoms with Crippen LogP contribution in [0.2, 0.25) is 0 Å². The normalized spacial score (nSPS) is 11.4. The Kier molecular flexibility index (Phi) is 5.42. The van der Waals surface area contributed by atoms with Gasteiger partial charge in [-0.3, -0.25) is 4.79 Å². The number of carbonyl (C=O) groups is 1. The Morgan fingerprint density at radius 2 is 1.39 bits per heavy atom. The molecule has 0 radical (unpaired) electrons. The lowest BCUT2D eigenvalue weighted by Crippen LogP contribution is -2.03. The molecule has 0 aliphatic carbocycles. The first-order chi connectivity index (χ1) is 10.9. The van der Waals surface area contributed by atoms with Crippen LogP contribution in [0.4, 0.5) is 13.2 Å². The maximum absolute atomic E-state index is 12.5. The van der Waals surface area contributed by atoms with Crippen molar-refractivity contribution in [3.05, 3.63) is 59.7 Å². The van der Waals surface area contributed by atoms with Crippen LogP contribution in [0.3, 0.4) is 0 Å². The fourth-order valence-electron chi connectivity index (χ4n) is 2.32. The lowest BCUT2D eigenvalue weighted by Gasteiger charge is -2.08. The number of unbranched alkanes of at least 4 members (excludes halogenated alkanes) is 1. The zero-order chi connectivity index (χ0) is 16.9. The first-order valence-electron chi connectivity index (χ1n) is 7.34. The van der Waals surface area contributed by atoms with E-state index in [0.29, 0.717) is 6.42 Å². The standard InChI is InChI=1S/C18H17F3O2/c19-18(20,21)16-11-9-15(10-12-16)14-7-5-13(6-8-14)3-1-2-4-17(22)23/h5-12H,1-4H2,(H,22,23). The van der Waals surface area contributed by atoms with E-state index >= 15 is 0 Å². The summed E-state index contributed by atoms with van der Waals surface area (Å²) in [6, 6.07) is 12.7. The Labute approximate surface area is 132 Å². The molecule has 0 bridgehead atoms. The van der Waals surface area contributed by atoms with E-state index in [1.807, 2.05) is 24.3 Å². The molecule has 122 valence electrons. The van der Waals surface area contributed by atoms with Gasteiger partial charge in [-0.25, -0.2) is 0 Å². The number of rotatable bonds is 6. The van der Waals surface area contributed by atoms with E-state index in [9.17, 15) is 18.0 Å². The van der Waals surface area contributed by atoms with Crippen LogP contribution in [0.25, 0.3) is 11.1 Å². The predicted octanol–water partition coefficient (Wildman–Crippen LogP) is 5.17. The van der Waals surface area contributed by atoms with Crippen LogP contribution in [0.5, 0.6) is 0 Å². The molecule has 2 aromatic carbocycles. The van der Waals surface area contributed by atoms with Gasteiger partial charge in [0.05, 0.1) is 5.56 Å². The second-order valence-electron chi connectivity index (χ2n) is 5.37. The van der Waals surface area contributed by atoms with Gasteiger partial charge in [-0.2, -0.15) is 13.2 Å². The molecule has 5 heteroatoms. The number of hydrogen-bond acceptors (Lipinski definition) is 1. The minimum atomic E-state index is -4.32. The highest BCUT2D eigenvalue weighted by Crippen LogP contribution is 2.31. The van der Waals surface area contributed by atoms with Gasteiger partial charge in [-0.1, -0.05) is 36.4 Å². The summed E-state index contributed by atoms with van der Waals surface area (Å²) in [5.74, 6) is -0.789. The molecule has 0 spiro atoms. The smallest absolute Gasteiger partial charge is 0.416 e. The molecule has 2 nitrogen and oxygen atoms in total. The van der Waals surface area contributed by atoms with Crippen LogP contribution in [-0.2, 0) is 17.4 Å². The lowest BCUT2D eigenvalue weighted by molar-refractivity contribution is -0.138. The molecule has 1 N–H and O–H groups in total. The molecule has 0 atom stereocenters. The van der Waals surface area contributed by atoms with E-state index in [2.05, 4.69) is 0 Å². The largest absolute Gasteiger partial charge is 0.481 e. The van der Waals surface area contributed by atoms with Crippen molar-refractivity contribution in [2.45, 2.75) is 31.9 Å². The molecule has 0 aliphatic heterocycles. The summed E-state index contributed by atoms with van der Waals surface area (Å²) in [6.07, 6.45) is -1.93. The average molecular weight is 322 g/mol. The van der Waals surface area contributed by atoms with Crippen molar-refractivity contribution >= 4 is 5.97 Å². The summed E-state index contributed by atoms with van der Waals surface area (Å²) in [5, 5.41) is 8.57. The van der Waals surface area contributed by atoms with Crippen LogP contribution in [0.1, 0.15) is 30.4 Å². The minimum Gasteiger partial charge on any atom is -0.481 e. The Bertz CT molecular complexity index is 643. The number of halogens is 3. The second-order valence-corrected chi connectivity index (χ2v) is 5.37. The van der Waals surface area contributed by atoms with Crippen molar-refractivity contribution in [3.8, 4) is 11.1 Å². The molecule has 2 rings (SSSR count). The summed E-state index contributed by atoms with van der Waals surface area (Å²) >= 11 is 0. The van der Waals surface area contributed by atoms with Gasteiger partial charge in [0.1, 0.15) is 0 Å². The maximum atomic E-state index is 12.5. The summed E-state index contributed by atoms with van der Waals surface area (Å²) < 4.78 is 37.6. The monoisotopic (exact) mass is 322 g/mol. The first-order valence-corrected chi connectivity index (χ1v) is 7.34. The van der Waals surface area contributed by atoms with Gasteiger partial charge < -0.3 is 5.11 Å². The molecular weight excluding hydrogens is 305 g/mol. The summed E-state index contributed by atoms with van der Waals surface area (Å²) in [6.45, 7) is 0. The average Bonchev–Trinajstić information content (AvgIpc) is 2.51. The maximum Gasteiger partial charge on any atom is 0.416 e. The van der Waals surface area contributed by atoms with Crippen LogP contribution >= 0.6 is 0 Å². The van der Waals surface area contributed by atoms with E-state index in [1.165, 1.54) is 12.1 Å². The van der Waals surface area contributed by atoms with Gasteiger partial charge in [-0.05, 0) is 48.1 Å². The van der Waals surface area contributed by atoms with Gasteiger partial charge in [-0.15, -0.1) is 0 Å². The summed E-state index contributed by atoms with van der Waals surface area (Å²) in [5.41, 5.74) is 2.02. The second kappa shape index (κ2) is 7.31. The number of alkyl halides is 3. The molecular formula is C18H17F3O2. The van der Waals surface area contributed by atoms with Gasteiger partial charge >= 0.3 is 12.1 Å². The van der Waals surface area contributed by atoms with Crippen molar-refractivity contribution in [3.63, 3.8) is 0 Å². The fraction of sp³-hybridized carbons (Fsp3) is 0.278. The Hall–Kier alpha value is -2.30. The molecule has 23 heavy (non-hydrogen) atoms. The molecule has 0 aliphatic rings. The van der Waals surface area contributed by atoms with Gasteiger partial charge in [0.25, 0.3) is 0 Å². The van der Waals surface area contributed by atoms with Gasteiger partial charge in [0.15, 0.2) is 0 Å². The quantitative estimate of drug-likeness (QED) is 0.745. The Morgan fingerprint density at radius 3 is 1.87 bits per heavy atom. The molecule has 0 amide bonds. The van der Waals surface area contributed by atoms with Crippen molar-refractivity contribution in [2.24, 2.45) is 0 Å². The van der Waals surface area contributed by atoms with E-state index in [0.717, 1.165) is 41.7 Å². The Balaban J connectivity index is 1.98. The number of aliphatic carboxylic acids is 1. The fourth-order valence-corrected chi connectivity index (χ4v) is 2.32. The predicted molar refractivity (Wildman–Crippen MR) is 82.1 cm³/mol. The van der Waals surface area contributed by atoms with E-state index in [4.69, 9.17) is 5.11 Å². The lowest BCUT2D eigenvalue weighted by atomic mass is 10.0. The van der Waals surface area contributed by atoms with Crippen LogP contribution < -0.4 is 0 Å². The van der Waals surface area contributed by atoms with Crippen LogP contribution in [0, 0.1) is 0 Å². The molecule has 0 fully saturated rings. The zero-order valence-corrected chi connectivity index (χ0v) is 12.4. The molecule has 0 unspecified atom stereocenters. The number of benzene rings is 2. The number of hydrogen-bond donors (Lipinski definition) is 1. The number of carboxylic acid groups (broad SMARTS) is 1. The zero-order valence-electron chi connectivity index (χ0n) is 12.4. The number of carboxylic acids is 1. The molecule has 0 heterocycles. The highest BCUT2D eigenvalue weighted by Gasteiger charge is 2.29. The third-order valence-corrected chi connectivity index (χ3v) is 3.61. The van der Waals surface area contributed by atoms with E-state index in [-0.39, 0.29) is 6.42 Å². The van der Waals surface area contributed by atoms with Crippen LogP contribution in [-0.4, -0.2) is 11.1 Å². The van der Waals surface area contributed by atoms with Crippen molar-refractivity contribution < 1.29 is 23.1 Å². The van der Waals surface area contributed by atoms with Gasteiger partial charge in [0, 0.05) is 6.42 Å². The highest BCUT2D eigenvalue weighted by atomic mass is 19.4. The topological polar surface area (TPSA) is 37.3 Å². The van der Waals surface area contributed by atoms with E-state index in [1.54, 1.807) is 0 Å². The van der Waals surface area contributed by atoms with Crippen LogP contribution in [0.15, 0.2) is 48.5 Å². The third-order valence-electron chi connectivity index (χ3n) is 3.61. The molecule has 0 aromatic heterocycles. The third kappa shape index (κ3) is 5.13.